The highest BCUT2D eigenvalue weighted by Gasteiger charge is 2.08. The van der Waals surface area contributed by atoms with Gasteiger partial charge in [0.05, 0.1) is 17.2 Å². The fourth-order valence-electron chi connectivity index (χ4n) is 2.13. The molecule has 3 N–H and O–H groups in total. The molecule has 21 heavy (non-hydrogen) atoms. The Morgan fingerprint density at radius 2 is 2.00 bits per heavy atom. The second-order valence-electron chi connectivity index (χ2n) is 4.42. The Balaban J connectivity index is 2.18. The van der Waals surface area contributed by atoms with E-state index in [1.54, 1.807) is 6.07 Å². The van der Waals surface area contributed by atoms with Gasteiger partial charge in [-0.05, 0) is 11.5 Å². The molecule has 2 aromatic carbocycles. The number of fused-ring (bicyclic) bond motifs is 3. The molecule has 104 valence electrons. The molecule has 3 aromatic rings. The second-order valence-corrected chi connectivity index (χ2v) is 4.42. The number of rotatable bonds is 2. The largest absolute Gasteiger partial charge is 0.463 e. The lowest BCUT2D eigenvalue weighted by atomic mass is 10.1. The van der Waals surface area contributed by atoms with E-state index in [4.69, 9.17) is 10.2 Å². The van der Waals surface area contributed by atoms with Crippen LogP contribution >= 0.6 is 0 Å². The summed E-state index contributed by atoms with van der Waals surface area (Å²) in [7, 11) is 0. The number of carbonyl (C=O) groups is 1. The van der Waals surface area contributed by atoms with Crippen LogP contribution in [0.3, 0.4) is 0 Å². The minimum atomic E-state index is -0.803. The number of hydrazone groups is 1. The summed E-state index contributed by atoms with van der Waals surface area (Å²) in [5.41, 5.74) is 7.44. The highest BCUT2D eigenvalue weighted by Crippen LogP contribution is 2.23. The topological polar surface area (TPSA) is 97.7 Å². The second kappa shape index (κ2) is 5.09. The molecule has 3 rings (SSSR count). The van der Waals surface area contributed by atoms with Crippen molar-refractivity contribution in [1.82, 2.24) is 5.43 Å². The average Bonchev–Trinajstić information content (AvgIpc) is 2.49. The number of amides is 2. The van der Waals surface area contributed by atoms with E-state index < -0.39 is 6.03 Å². The van der Waals surface area contributed by atoms with E-state index in [0.29, 0.717) is 11.0 Å². The van der Waals surface area contributed by atoms with Crippen molar-refractivity contribution in [3.63, 3.8) is 0 Å². The van der Waals surface area contributed by atoms with Crippen molar-refractivity contribution < 1.29 is 9.21 Å². The van der Waals surface area contributed by atoms with Crippen LogP contribution < -0.4 is 16.6 Å². The molecule has 0 unspecified atom stereocenters. The average molecular weight is 281 g/mol. The van der Waals surface area contributed by atoms with Gasteiger partial charge in [0.1, 0.15) is 11.8 Å². The van der Waals surface area contributed by atoms with Crippen molar-refractivity contribution in [2.24, 2.45) is 10.8 Å². The Hall–Kier alpha value is -3.15. The number of primary amides is 1. The van der Waals surface area contributed by atoms with E-state index in [2.05, 4.69) is 5.10 Å². The van der Waals surface area contributed by atoms with Crippen molar-refractivity contribution in [3.05, 3.63) is 58.4 Å². The van der Waals surface area contributed by atoms with Gasteiger partial charge in [-0.15, -0.1) is 0 Å². The Kier molecular flexibility index (Phi) is 3.12. The maximum absolute atomic E-state index is 12.4. The molecule has 0 spiro atoms. The van der Waals surface area contributed by atoms with Crippen molar-refractivity contribution in [2.45, 2.75) is 0 Å². The Labute approximate surface area is 118 Å². The number of nitrogens with two attached hydrogens (primary N) is 1. The van der Waals surface area contributed by atoms with Crippen LogP contribution in [0.15, 0.2) is 57.0 Å². The van der Waals surface area contributed by atoms with Crippen LogP contribution in [-0.4, -0.2) is 12.2 Å². The van der Waals surface area contributed by atoms with Crippen LogP contribution in [0.4, 0.5) is 4.79 Å². The lowest BCUT2D eigenvalue weighted by Crippen LogP contribution is -2.24. The standard InChI is InChI=1S/C15H11N3O3/c16-15(20)18-17-7-10-8-21-14-11-4-2-1-3-9(11)5-6-12(14)13(10)19/h1-8H,(H3,16,18,20)/b17-7-. The van der Waals surface area contributed by atoms with E-state index in [0.717, 1.165) is 10.8 Å². The third kappa shape index (κ3) is 2.34. The van der Waals surface area contributed by atoms with Gasteiger partial charge in [-0.2, -0.15) is 5.10 Å². The van der Waals surface area contributed by atoms with Gasteiger partial charge in [0.2, 0.25) is 5.43 Å². The third-order valence-corrected chi connectivity index (χ3v) is 3.07. The Bertz CT molecular complexity index is 928. The molecule has 0 bridgehead atoms. The molecule has 0 atom stereocenters. The molecule has 6 nitrogen and oxygen atoms in total. The first-order chi connectivity index (χ1) is 10.2. The molecule has 0 radical (unpaired) electrons. The zero-order valence-corrected chi connectivity index (χ0v) is 10.9. The number of carbonyl (C=O) groups excluding carboxylic acids is 1. The molecule has 0 saturated carbocycles. The normalized spacial score (nSPS) is 11.2. The van der Waals surface area contributed by atoms with E-state index in [1.807, 2.05) is 35.8 Å². The number of nitrogens with zero attached hydrogens (tertiary/aromatic N) is 1. The molecule has 0 saturated heterocycles. The highest BCUT2D eigenvalue weighted by molar-refractivity contribution is 6.04. The SMILES string of the molecule is NC(=O)N/N=C\c1coc2c(ccc3ccccc32)c1=O. The zero-order chi connectivity index (χ0) is 14.8. The molecule has 1 heterocycles. The van der Waals surface area contributed by atoms with Crippen LogP contribution in [0.25, 0.3) is 21.7 Å². The zero-order valence-electron chi connectivity index (χ0n) is 10.9. The van der Waals surface area contributed by atoms with E-state index in [-0.39, 0.29) is 11.0 Å². The van der Waals surface area contributed by atoms with Gasteiger partial charge in [-0.3, -0.25) is 4.79 Å². The number of urea groups is 1. The fourth-order valence-corrected chi connectivity index (χ4v) is 2.13. The van der Waals surface area contributed by atoms with Crippen molar-refractivity contribution in [2.75, 3.05) is 0 Å². The minimum absolute atomic E-state index is 0.225. The summed E-state index contributed by atoms with van der Waals surface area (Å²) in [5.74, 6) is 0. The molecule has 6 heteroatoms. The Morgan fingerprint density at radius 1 is 1.19 bits per heavy atom. The first-order valence-electron chi connectivity index (χ1n) is 6.18. The number of nitrogens with one attached hydrogen (secondary N) is 1. The monoisotopic (exact) mass is 281 g/mol. The van der Waals surface area contributed by atoms with Gasteiger partial charge in [0, 0.05) is 5.39 Å². The molecule has 0 fully saturated rings. The van der Waals surface area contributed by atoms with Gasteiger partial charge in [-0.25, -0.2) is 10.2 Å². The molecule has 2 amide bonds. The fraction of sp³-hybridized carbons (Fsp3) is 0. The maximum atomic E-state index is 12.4. The smallest absolute Gasteiger partial charge is 0.332 e. The molecule has 1 aromatic heterocycles. The third-order valence-electron chi connectivity index (χ3n) is 3.07. The summed E-state index contributed by atoms with van der Waals surface area (Å²) >= 11 is 0. The predicted molar refractivity (Wildman–Crippen MR) is 80.3 cm³/mol. The van der Waals surface area contributed by atoms with Gasteiger partial charge in [-0.1, -0.05) is 30.3 Å². The highest BCUT2D eigenvalue weighted by atomic mass is 16.3. The van der Waals surface area contributed by atoms with E-state index in [9.17, 15) is 9.59 Å². The van der Waals surface area contributed by atoms with E-state index >= 15 is 0 Å². The number of hydrogen-bond acceptors (Lipinski definition) is 4. The maximum Gasteiger partial charge on any atom is 0.332 e. The van der Waals surface area contributed by atoms with Crippen LogP contribution in [0, 0.1) is 0 Å². The van der Waals surface area contributed by atoms with Gasteiger partial charge < -0.3 is 10.2 Å². The molecular weight excluding hydrogens is 270 g/mol. The van der Waals surface area contributed by atoms with Gasteiger partial charge >= 0.3 is 6.03 Å². The number of benzene rings is 2. The molecule has 0 aliphatic heterocycles. The van der Waals surface area contributed by atoms with Crippen molar-refractivity contribution in [3.8, 4) is 0 Å². The first-order valence-corrected chi connectivity index (χ1v) is 6.18. The lowest BCUT2D eigenvalue weighted by molar-refractivity contribution is 0.249. The van der Waals surface area contributed by atoms with Crippen LogP contribution in [-0.2, 0) is 0 Å². The number of hydrogen-bond donors (Lipinski definition) is 2. The summed E-state index contributed by atoms with van der Waals surface area (Å²) in [6.07, 6.45) is 2.51. The molecular formula is C15H11N3O3. The minimum Gasteiger partial charge on any atom is -0.463 e. The van der Waals surface area contributed by atoms with Gasteiger partial charge in [0.15, 0.2) is 0 Å². The van der Waals surface area contributed by atoms with Crippen LogP contribution in [0.2, 0.25) is 0 Å². The molecule has 0 aliphatic rings. The lowest BCUT2D eigenvalue weighted by Gasteiger charge is -2.02. The van der Waals surface area contributed by atoms with Crippen molar-refractivity contribution >= 4 is 34.0 Å². The summed E-state index contributed by atoms with van der Waals surface area (Å²) < 4.78 is 5.56. The van der Waals surface area contributed by atoms with E-state index in [1.165, 1.54) is 12.5 Å². The van der Waals surface area contributed by atoms with Crippen LogP contribution in [0.5, 0.6) is 0 Å². The summed E-state index contributed by atoms with van der Waals surface area (Å²) in [4.78, 5) is 22.9. The summed E-state index contributed by atoms with van der Waals surface area (Å²) in [6.45, 7) is 0. The predicted octanol–water partition coefficient (Wildman–Crippen LogP) is 1.95. The molecule has 0 aliphatic carbocycles. The first kappa shape index (κ1) is 12.9. The quantitative estimate of drug-likeness (QED) is 0.426. The van der Waals surface area contributed by atoms with Crippen LogP contribution in [0.1, 0.15) is 5.56 Å². The summed E-state index contributed by atoms with van der Waals surface area (Å²) in [6, 6.07) is 10.4. The Morgan fingerprint density at radius 3 is 2.81 bits per heavy atom. The summed E-state index contributed by atoms with van der Waals surface area (Å²) in [5, 5.41) is 5.87. The van der Waals surface area contributed by atoms with Gasteiger partial charge in [0.25, 0.3) is 0 Å². The van der Waals surface area contributed by atoms with Crippen molar-refractivity contribution in [1.29, 1.82) is 0 Å².